The van der Waals surface area contributed by atoms with Crippen molar-refractivity contribution in [2.75, 3.05) is 0 Å². The van der Waals surface area contributed by atoms with Crippen molar-refractivity contribution in [3.8, 4) is 0 Å². The summed E-state index contributed by atoms with van der Waals surface area (Å²) < 4.78 is 4.99. The largest absolute Gasteiger partial charge is 0.481 e. The summed E-state index contributed by atoms with van der Waals surface area (Å²) in [6.45, 7) is 3.55. The van der Waals surface area contributed by atoms with E-state index in [2.05, 4.69) is 10.5 Å². The van der Waals surface area contributed by atoms with Gasteiger partial charge in [-0.1, -0.05) is 17.3 Å². The minimum atomic E-state index is -0.862. The Bertz CT molecular complexity index is 513. The van der Waals surface area contributed by atoms with E-state index in [1.807, 2.05) is 0 Å². The molecule has 2 unspecified atom stereocenters. The van der Waals surface area contributed by atoms with Gasteiger partial charge in [-0.25, -0.2) is 0 Å². The van der Waals surface area contributed by atoms with Crippen LogP contribution in [0.2, 0.25) is 0 Å². The van der Waals surface area contributed by atoms with Gasteiger partial charge in [-0.2, -0.15) is 0 Å². The molecule has 1 heterocycles. The van der Waals surface area contributed by atoms with Crippen LogP contribution in [-0.2, 0) is 16.0 Å². The lowest BCUT2D eigenvalue weighted by Gasteiger charge is -2.11. The second kappa shape index (κ2) is 5.26. The number of aromatic nitrogens is 1. The van der Waals surface area contributed by atoms with Crippen molar-refractivity contribution in [2.24, 2.45) is 5.92 Å². The molecular formula is C13H16N2O4. The monoisotopic (exact) mass is 264 g/mol. The zero-order valence-electron chi connectivity index (χ0n) is 10.8. The van der Waals surface area contributed by atoms with E-state index >= 15 is 0 Å². The van der Waals surface area contributed by atoms with Crippen molar-refractivity contribution in [2.45, 2.75) is 32.7 Å². The van der Waals surface area contributed by atoms with Gasteiger partial charge < -0.3 is 14.9 Å². The van der Waals surface area contributed by atoms with E-state index in [0.717, 1.165) is 5.56 Å². The highest BCUT2D eigenvalue weighted by molar-refractivity contribution is 5.80. The first-order valence-electron chi connectivity index (χ1n) is 6.09. The molecule has 19 heavy (non-hydrogen) atoms. The molecule has 1 aromatic rings. The van der Waals surface area contributed by atoms with E-state index in [1.165, 1.54) is 0 Å². The van der Waals surface area contributed by atoms with E-state index in [9.17, 15) is 9.59 Å². The zero-order chi connectivity index (χ0) is 14.0. The number of nitrogens with zero attached hydrogens (tertiary/aromatic N) is 1. The Morgan fingerprint density at radius 2 is 2.21 bits per heavy atom. The number of hydrogen-bond acceptors (Lipinski definition) is 4. The Morgan fingerprint density at radius 1 is 1.47 bits per heavy atom. The summed E-state index contributed by atoms with van der Waals surface area (Å²) >= 11 is 0. The lowest BCUT2D eigenvalue weighted by molar-refractivity contribution is -0.140. The van der Waals surface area contributed by atoms with Crippen molar-refractivity contribution in [1.82, 2.24) is 10.5 Å². The molecule has 2 rings (SSSR count). The second-order valence-corrected chi connectivity index (χ2v) is 4.72. The Hall–Kier alpha value is -2.11. The van der Waals surface area contributed by atoms with Crippen molar-refractivity contribution >= 4 is 11.9 Å². The van der Waals surface area contributed by atoms with E-state index in [-0.39, 0.29) is 18.4 Å². The van der Waals surface area contributed by atoms with Crippen LogP contribution in [-0.4, -0.2) is 28.2 Å². The lowest BCUT2D eigenvalue weighted by Crippen LogP contribution is -2.34. The molecule has 2 atom stereocenters. The normalized spacial score (nSPS) is 21.6. The van der Waals surface area contributed by atoms with Crippen molar-refractivity contribution in [1.29, 1.82) is 0 Å². The summed E-state index contributed by atoms with van der Waals surface area (Å²) in [6.07, 6.45) is 3.94. The fourth-order valence-corrected chi connectivity index (χ4v) is 2.16. The predicted molar refractivity (Wildman–Crippen MR) is 66.5 cm³/mol. The number of carboxylic acid groups (broad SMARTS) is 1. The van der Waals surface area contributed by atoms with Crippen LogP contribution in [0.25, 0.3) is 0 Å². The molecule has 0 aromatic carbocycles. The van der Waals surface area contributed by atoms with E-state index < -0.39 is 11.9 Å². The van der Waals surface area contributed by atoms with Gasteiger partial charge in [0.2, 0.25) is 5.91 Å². The molecule has 2 N–H and O–H groups in total. The van der Waals surface area contributed by atoms with Crippen LogP contribution < -0.4 is 5.32 Å². The molecular weight excluding hydrogens is 248 g/mol. The number of carbonyl (C=O) groups is 2. The molecule has 6 heteroatoms. The van der Waals surface area contributed by atoms with Crippen molar-refractivity contribution < 1.29 is 19.2 Å². The number of rotatable bonds is 4. The quantitative estimate of drug-likeness (QED) is 0.791. The molecule has 0 radical (unpaired) electrons. The summed E-state index contributed by atoms with van der Waals surface area (Å²) in [7, 11) is 0. The molecule has 0 saturated carbocycles. The number of aliphatic carboxylic acids is 1. The van der Waals surface area contributed by atoms with Crippen LogP contribution in [0.1, 0.15) is 23.4 Å². The third-order valence-corrected chi connectivity index (χ3v) is 3.27. The predicted octanol–water partition coefficient (Wildman–Crippen LogP) is 0.979. The van der Waals surface area contributed by atoms with Gasteiger partial charge in [0.05, 0.1) is 18.0 Å². The molecule has 0 spiro atoms. The third kappa shape index (κ3) is 3.01. The van der Waals surface area contributed by atoms with Crippen LogP contribution in [0.15, 0.2) is 16.7 Å². The first kappa shape index (κ1) is 13.3. The molecule has 0 saturated heterocycles. The number of amides is 1. The Kier molecular flexibility index (Phi) is 3.69. The standard InChI is InChI=1S/C13H16N2O4/c1-7-11(8(2)19-15-7)6-12(16)14-10-4-3-9(5-10)13(17)18/h3-4,9-10H,5-6H2,1-2H3,(H,14,16)(H,17,18). The minimum absolute atomic E-state index is 0.157. The average Bonchev–Trinajstić information content (AvgIpc) is 2.91. The van der Waals surface area contributed by atoms with Gasteiger partial charge in [0, 0.05) is 11.6 Å². The number of nitrogens with one attached hydrogen (secondary N) is 1. The molecule has 1 aliphatic rings. The van der Waals surface area contributed by atoms with Gasteiger partial charge in [-0.15, -0.1) is 0 Å². The first-order chi connectivity index (χ1) is 8.97. The van der Waals surface area contributed by atoms with Crippen molar-refractivity contribution in [3.05, 3.63) is 29.2 Å². The SMILES string of the molecule is Cc1noc(C)c1CC(=O)NC1C=CC(C(=O)O)C1. The minimum Gasteiger partial charge on any atom is -0.481 e. The van der Waals surface area contributed by atoms with Gasteiger partial charge >= 0.3 is 5.97 Å². The van der Waals surface area contributed by atoms with E-state index in [4.69, 9.17) is 9.63 Å². The van der Waals surface area contributed by atoms with Crippen LogP contribution >= 0.6 is 0 Å². The number of aryl methyl sites for hydroxylation is 2. The van der Waals surface area contributed by atoms with Crippen LogP contribution in [0, 0.1) is 19.8 Å². The molecule has 6 nitrogen and oxygen atoms in total. The Balaban J connectivity index is 1.90. The second-order valence-electron chi connectivity index (χ2n) is 4.72. The third-order valence-electron chi connectivity index (χ3n) is 3.27. The molecule has 0 bridgehead atoms. The van der Waals surface area contributed by atoms with Gasteiger partial charge in [0.25, 0.3) is 0 Å². The summed E-state index contributed by atoms with van der Waals surface area (Å²) in [4.78, 5) is 22.7. The Labute approximate surface area is 110 Å². The maximum atomic E-state index is 11.9. The van der Waals surface area contributed by atoms with Gasteiger partial charge in [0.15, 0.2) is 0 Å². The molecule has 1 aliphatic carbocycles. The maximum Gasteiger partial charge on any atom is 0.310 e. The highest BCUT2D eigenvalue weighted by atomic mass is 16.5. The van der Waals surface area contributed by atoms with Crippen LogP contribution in [0.4, 0.5) is 0 Å². The summed E-state index contributed by atoms with van der Waals surface area (Å²) in [5, 5.41) is 15.4. The topological polar surface area (TPSA) is 92.4 Å². The molecule has 1 aromatic heterocycles. The fourth-order valence-electron chi connectivity index (χ4n) is 2.16. The number of carboxylic acids is 1. The molecule has 0 aliphatic heterocycles. The Morgan fingerprint density at radius 3 is 2.74 bits per heavy atom. The van der Waals surface area contributed by atoms with Crippen LogP contribution in [0.3, 0.4) is 0 Å². The fraction of sp³-hybridized carbons (Fsp3) is 0.462. The molecule has 0 fully saturated rings. The highest BCUT2D eigenvalue weighted by Crippen LogP contribution is 2.18. The highest BCUT2D eigenvalue weighted by Gasteiger charge is 2.25. The number of carbonyl (C=O) groups excluding carboxylic acids is 1. The van der Waals surface area contributed by atoms with Gasteiger partial charge in [-0.3, -0.25) is 9.59 Å². The zero-order valence-corrected chi connectivity index (χ0v) is 10.8. The molecule has 1 amide bonds. The first-order valence-corrected chi connectivity index (χ1v) is 6.09. The molecule has 102 valence electrons. The number of hydrogen-bond donors (Lipinski definition) is 2. The lowest BCUT2D eigenvalue weighted by atomic mass is 10.1. The van der Waals surface area contributed by atoms with Crippen molar-refractivity contribution in [3.63, 3.8) is 0 Å². The van der Waals surface area contributed by atoms with Gasteiger partial charge in [0.1, 0.15) is 5.76 Å². The van der Waals surface area contributed by atoms with Gasteiger partial charge in [-0.05, 0) is 20.3 Å². The smallest absolute Gasteiger partial charge is 0.310 e. The summed E-state index contributed by atoms with van der Waals surface area (Å²) in [5.74, 6) is -0.892. The van der Waals surface area contributed by atoms with E-state index in [0.29, 0.717) is 17.9 Å². The summed E-state index contributed by atoms with van der Waals surface area (Å²) in [6, 6.07) is -0.214. The maximum absolute atomic E-state index is 11.9. The summed E-state index contributed by atoms with van der Waals surface area (Å²) in [5.41, 5.74) is 1.49. The van der Waals surface area contributed by atoms with Crippen LogP contribution in [0.5, 0.6) is 0 Å². The average molecular weight is 264 g/mol. The van der Waals surface area contributed by atoms with E-state index in [1.54, 1.807) is 26.0 Å².